The van der Waals surface area contributed by atoms with E-state index in [1.807, 2.05) is 90.0 Å². The average molecular weight is 315 g/mol. The maximum Gasteiger partial charge on any atom is 0.337 e. The lowest BCUT2D eigenvalue weighted by atomic mass is 10.1. The number of anilines is 2. The van der Waals surface area contributed by atoms with Crippen molar-refractivity contribution in [3.8, 4) is 0 Å². The van der Waals surface area contributed by atoms with Crippen LogP contribution in [0.2, 0.25) is 0 Å². The molecule has 0 amide bonds. The maximum atomic E-state index is 11.6. The summed E-state index contributed by atoms with van der Waals surface area (Å²) in [5, 5.41) is 9.50. The first-order chi connectivity index (χ1) is 11.8. The van der Waals surface area contributed by atoms with E-state index in [1.54, 1.807) is 12.1 Å². The van der Waals surface area contributed by atoms with Crippen LogP contribution in [0.25, 0.3) is 6.08 Å². The quantitative estimate of drug-likeness (QED) is 0.704. The molecule has 0 bridgehead atoms. The van der Waals surface area contributed by atoms with Crippen molar-refractivity contribution in [3.63, 3.8) is 0 Å². The van der Waals surface area contributed by atoms with Gasteiger partial charge in [0.05, 0.1) is 11.3 Å². The molecule has 0 aromatic heterocycles. The van der Waals surface area contributed by atoms with E-state index in [9.17, 15) is 9.90 Å². The lowest BCUT2D eigenvalue weighted by Gasteiger charge is -2.22. The Balaban J connectivity index is 2.07. The van der Waals surface area contributed by atoms with E-state index in [2.05, 4.69) is 0 Å². The minimum Gasteiger partial charge on any atom is -0.478 e. The van der Waals surface area contributed by atoms with Crippen molar-refractivity contribution in [2.24, 2.45) is 0 Å². The summed E-state index contributed by atoms with van der Waals surface area (Å²) >= 11 is 0. The van der Waals surface area contributed by atoms with Crippen molar-refractivity contribution in [2.75, 3.05) is 4.90 Å². The van der Waals surface area contributed by atoms with Crippen molar-refractivity contribution >= 4 is 23.4 Å². The number of para-hydroxylation sites is 2. The normalized spacial score (nSPS) is 10.7. The van der Waals surface area contributed by atoms with E-state index in [0.29, 0.717) is 5.69 Å². The zero-order valence-corrected chi connectivity index (χ0v) is 13.0. The number of rotatable bonds is 5. The van der Waals surface area contributed by atoms with Gasteiger partial charge in [0.1, 0.15) is 0 Å². The molecule has 0 atom stereocenters. The Morgan fingerprint density at radius 1 is 0.792 bits per heavy atom. The number of benzene rings is 3. The van der Waals surface area contributed by atoms with E-state index in [4.69, 9.17) is 0 Å². The second kappa shape index (κ2) is 7.29. The summed E-state index contributed by atoms with van der Waals surface area (Å²) in [7, 11) is 0. The lowest BCUT2D eigenvalue weighted by molar-refractivity contribution is 0.0698. The molecule has 0 spiro atoms. The minimum absolute atomic E-state index is 0.263. The highest BCUT2D eigenvalue weighted by Crippen LogP contribution is 2.29. The van der Waals surface area contributed by atoms with Gasteiger partial charge in [-0.15, -0.1) is 0 Å². The molecule has 0 aliphatic heterocycles. The van der Waals surface area contributed by atoms with Gasteiger partial charge >= 0.3 is 5.97 Å². The smallest absolute Gasteiger partial charge is 0.337 e. The van der Waals surface area contributed by atoms with Crippen molar-refractivity contribution < 1.29 is 9.90 Å². The highest BCUT2D eigenvalue weighted by Gasteiger charge is 2.15. The molecule has 0 fully saturated rings. The van der Waals surface area contributed by atoms with Crippen LogP contribution in [-0.4, -0.2) is 11.1 Å². The number of carboxylic acids is 1. The molecule has 3 nitrogen and oxygen atoms in total. The molecule has 3 heteroatoms. The molecule has 3 aromatic rings. The lowest BCUT2D eigenvalue weighted by Crippen LogP contribution is -2.13. The van der Waals surface area contributed by atoms with Gasteiger partial charge in [-0.05, 0) is 35.9 Å². The largest absolute Gasteiger partial charge is 0.478 e. The zero-order valence-electron chi connectivity index (χ0n) is 13.0. The monoisotopic (exact) mass is 315 g/mol. The first-order valence-electron chi connectivity index (χ1n) is 7.65. The Morgan fingerprint density at radius 3 is 2.04 bits per heavy atom. The van der Waals surface area contributed by atoms with E-state index >= 15 is 0 Å². The molecule has 0 aliphatic rings. The number of carbonyl (C=O) groups is 1. The van der Waals surface area contributed by atoms with Gasteiger partial charge in [0.2, 0.25) is 0 Å². The summed E-state index contributed by atoms with van der Waals surface area (Å²) in [6.45, 7) is 0. The Labute approximate surface area is 141 Å². The van der Waals surface area contributed by atoms with Gasteiger partial charge in [-0.3, -0.25) is 0 Å². The molecule has 3 aromatic carbocycles. The van der Waals surface area contributed by atoms with E-state index in [0.717, 1.165) is 11.3 Å². The molecule has 0 radical (unpaired) electrons. The Kier molecular flexibility index (Phi) is 4.73. The van der Waals surface area contributed by atoms with Crippen LogP contribution in [0, 0.1) is 0 Å². The summed E-state index contributed by atoms with van der Waals surface area (Å²) in [4.78, 5) is 13.5. The third-order valence-electron chi connectivity index (χ3n) is 3.64. The standard InChI is InChI=1S/C21H17NO2/c23-21(24)19-13-7-8-14-20(19)22(18-11-5-2-6-12-18)16-15-17-9-3-1-4-10-17/h1-16H,(H,23,24). The first-order valence-corrected chi connectivity index (χ1v) is 7.65. The fourth-order valence-corrected chi connectivity index (χ4v) is 2.48. The minimum atomic E-state index is -0.945. The van der Waals surface area contributed by atoms with Crippen molar-refractivity contribution in [3.05, 3.63) is 102 Å². The molecular weight excluding hydrogens is 298 g/mol. The number of nitrogens with zero attached hydrogens (tertiary/aromatic N) is 1. The van der Waals surface area contributed by atoms with Crippen LogP contribution < -0.4 is 4.90 Å². The topological polar surface area (TPSA) is 40.5 Å². The molecule has 0 heterocycles. The summed E-state index contributed by atoms with van der Waals surface area (Å²) in [5.74, 6) is -0.945. The summed E-state index contributed by atoms with van der Waals surface area (Å²) in [6, 6.07) is 26.6. The summed E-state index contributed by atoms with van der Waals surface area (Å²) in [5.41, 5.74) is 2.84. The van der Waals surface area contributed by atoms with Crippen molar-refractivity contribution in [1.82, 2.24) is 0 Å². The Bertz CT molecular complexity index is 842. The number of aromatic carboxylic acids is 1. The molecular formula is C21H17NO2. The number of carboxylic acid groups (broad SMARTS) is 1. The Morgan fingerprint density at radius 2 is 1.38 bits per heavy atom. The van der Waals surface area contributed by atoms with Crippen molar-refractivity contribution in [1.29, 1.82) is 0 Å². The number of hydrogen-bond donors (Lipinski definition) is 1. The number of hydrogen-bond acceptors (Lipinski definition) is 2. The van der Waals surface area contributed by atoms with E-state index in [1.165, 1.54) is 0 Å². The van der Waals surface area contributed by atoms with Crippen LogP contribution in [0.4, 0.5) is 11.4 Å². The molecule has 0 saturated heterocycles. The Hall–Kier alpha value is -3.33. The summed E-state index contributed by atoms with van der Waals surface area (Å²) < 4.78 is 0. The SMILES string of the molecule is O=C(O)c1ccccc1N(C=Cc1ccccc1)c1ccccc1. The van der Waals surface area contributed by atoms with Gasteiger partial charge in [-0.25, -0.2) is 4.79 Å². The molecule has 118 valence electrons. The van der Waals surface area contributed by atoms with Gasteiger partial charge in [-0.1, -0.05) is 60.7 Å². The molecule has 1 N–H and O–H groups in total. The van der Waals surface area contributed by atoms with Crippen LogP contribution in [0.3, 0.4) is 0 Å². The van der Waals surface area contributed by atoms with Crippen LogP contribution in [0.5, 0.6) is 0 Å². The molecule has 0 saturated carbocycles. The van der Waals surface area contributed by atoms with Gasteiger partial charge in [0.25, 0.3) is 0 Å². The highest BCUT2D eigenvalue weighted by atomic mass is 16.4. The first kappa shape index (κ1) is 15.6. The third kappa shape index (κ3) is 3.52. The second-order valence-corrected chi connectivity index (χ2v) is 5.25. The zero-order chi connectivity index (χ0) is 16.8. The average Bonchev–Trinajstić information content (AvgIpc) is 2.64. The molecule has 0 unspecified atom stereocenters. The molecule has 3 rings (SSSR count). The fourth-order valence-electron chi connectivity index (χ4n) is 2.48. The van der Waals surface area contributed by atoms with Gasteiger partial charge in [0, 0.05) is 11.9 Å². The van der Waals surface area contributed by atoms with Crippen molar-refractivity contribution in [2.45, 2.75) is 0 Å². The van der Waals surface area contributed by atoms with Gasteiger partial charge in [0.15, 0.2) is 0 Å². The predicted octanol–water partition coefficient (Wildman–Crippen LogP) is 5.19. The summed E-state index contributed by atoms with van der Waals surface area (Å²) in [6.07, 6.45) is 3.86. The fraction of sp³-hybridized carbons (Fsp3) is 0. The van der Waals surface area contributed by atoms with Crippen LogP contribution in [0.1, 0.15) is 15.9 Å². The molecule has 24 heavy (non-hydrogen) atoms. The second-order valence-electron chi connectivity index (χ2n) is 5.25. The highest BCUT2D eigenvalue weighted by molar-refractivity contribution is 5.96. The van der Waals surface area contributed by atoms with Gasteiger partial charge in [-0.2, -0.15) is 0 Å². The van der Waals surface area contributed by atoms with Gasteiger partial charge < -0.3 is 10.0 Å². The van der Waals surface area contributed by atoms with Crippen LogP contribution >= 0.6 is 0 Å². The maximum absolute atomic E-state index is 11.6. The van der Waals surface area contributed by atoms with Crippen LogP contribution in [0.15, 0.2) is 91.1 Å². The third-order valence-corrected chi connectivity index (χ3v) is 3.64. The van der Waals surface area contributed by atoms with Crippen LogP contribution in [-0.2, 0) is 0 Å². The van der Waals surface area contributed by atoms with E-state index < -0.39 is 5.97 Å². The molecule has 0 aliphatic carbocycles. The predicted molar refractivity (Wildman–Crippen MR) is 97.5 cm³/mol. The van der Waals surface area contributed by atoms with E-state index in [-0.39, 0.29) is 5.56 Å².